The highest BCUT2D eigenvalue weighted by atomic mass is 16.3. The number of anilines is 1. The molecule has 0 fully saturated rings. The fourth-order valence-electron chi connectivity index (χ4n) is 1.18. The number of phenolic OH excluding ortho intramolecular Hbond substituents is 1. The molecule has 86 valence electrons. The van der Waals surface area contributed by atoms with Gasteiger partial charge >= 0.3 is 6.03 Å². The molecule has 0 bridgehead atoms. The van der Waals surface area contributed by atoms with Crippen LogP contribution in [0, 0.1) is 0 Å². The molecule has 0 atom stereocenters. The number of benzene rings is 1. The minimum absolute atomic E-state index is 0.0729. The van der Waals surface area contributed by atoms with E-state index in [0.717, 1.165) is 0 Å². The second kappa shape index (κ2) is 5.16. The summed E-state index contributed by atoms with van der Waals surface area (Å²) in [7, 11) is 0. The normalized spacial score (nSPS) is 9.62. The van der Waals surface area contributed by atoms with Crippen molar-refractivity contribution in [2.75, 3.05) is 11.9 Å². The third-order valence-electron chi connectivity index (χ3n) is 1.99. The lowest BCUT2D eigenvalue weighted by Crippen LogP contribution is -2.28. The summed E-state index contributed by atoms with van der Waals surface area (Å²) in [6, 6.07) is 3.89. The Balaban J connectivity index is 2.90. The zero-order valence-corrected chi connectivity index (χ0v) is 9.20. The van der Waals surface area contributed by atoms with Crippen molar-refractivity contribution in [3.05, 3.63) is 23.8 Å². The molecule has 3 N–H and O–H groups in total. The Morgan fingerprint density at radius 2 is 2.06 bits per heavy atom. The molecule has 16 heavy (non-hydrogen) atoms. The van der Waals surface area contributed by atoms with Crippen molar-refractivity contribution in [1.82, 2.24) is 5.32 Å². The van der Waals surface area contributed by atoms with Gasteiger partial charge in [0.05, 0.1) is 5.69 Å². The Hall–Kier alpha value is -2.04. The van der Waals surface area contributed by atoms with Gasteiger partial charge in [-0.15, -0.1) is 0 Å². The number of aromatic hydroxyl groups is 1. The van der Waals surface area contributed by atoms with Crippen molar-refractivity contribution in [3.63, 3.8) is 0 Å². The molecular formula is C11H14N2O3. The first kappa shape index (κ1) is 12.0. The Morgan fingerprint density at radius 3 is 2.62 bits per heavy atom. The number of ketones is 1. The summed E-state index contributed by atoms with van der Waals surface area (Å²) < 4.78 is 0. The van der Waals surface area contributed by atoms with E-state index < -0.39 is 6.03 Å². The minimum atomic E-state index is -0.418. The van der Waals surface area contributed by atoms with E-state index in [9.17, 15) is 14.7 Å². The van der Waals surface area contributed by atoms with Crippen molar-refractivity contribution in [2.45, 2.75) is 13.8 Å². The first-order chi connectivity index (χ1) is 7.54. The Bertz CT molecular complexity index is 416. The molecular weight excluding hydrogens is 208 g/mol. The molecule has 0 aliphatic rings. The maximum atomic E-state index is 11.2. The van der Waals surface area contributed by atoms with Gasteiger partial charge in [-0.05, 0) is 32.0 Å². The predicted octanol–water partition coefficient (Wildman–Crippen LogP) is 1.74. The van der Waals surface area contributed by atoms with E-state index in [1.807, 2.05) is 0 Å². The lowest BCUT2D eigenvalue weighted by atomic mass is 10.1. The highest BCUT2D eigenvalue weighted by Crippen LogP contribution is 2.24. The van der Waals surface area contributed by atoms with Crippen LogP contribution >= 0.6 is 0 Å². The topological polar surface area (TPSA) is 78.4 Å². The summed E-state index contributed by atoms with van der Waals surface area (Å²) in [5.41, 5.74) is 0.656. The standard InChI is InChI=1S/C11H14N2O3/c1-3-12-11(16)13-9-6-8(7(2)14)4-5-10(9)15/h4-6,15H,3H2,1-2H3,(H2,12,13,16). The number of hydrogen-bond donors (Lipinski definition) is 3. The molecule has 1 aromatic rings. The lowest BCUT2D eigenvalue weighted by molar-refractivity contribution is 0.101. The van der Waals surface area contributed by atoms with Crippen LogP contribution in [-0.4, -0.2) is 23.5 Å². The SMILES string of the molecule is CCNC(=O)Nc1cc(C(C)=O)ccc1O. The van der Waals surface area contributed by atoms with E-state index in [0.29, 0.717) is 12.1 Å². The van der Waals surface area contributed by atoms with Crippen molar-refractivity contribution in [2.24, 2.45) is 0 Å². The van der Waals surface area contributed by atoms with Gasteiger partial charge in [-0.25, -0.2) is 4.79 Å². The third kappa shape index (κ3) is 2.98. The zero-order chi connectivity index (χ0) is 12.1. The maximum Gasteiger partial charge on any atom is 0.319 e. The molecule has 1 rings (SSSR count). The van der Waals surface area contributed by atoms with Gasteiger partial charge in [-0.3, -0.25) is 4.79 Å². The van der Waals surface area contributed by atoms with Crippen LogP contribution < -0.4 is 10.6 Å². The highest BCUT2D eigenvalue weighted by Gasteiger charge is 2.08. The van der Waals surface area contributed by atoms with Gasteiger partial charge in [0.25, 0.3) is 0 Å². The summed E-state index contributed by atoms with van der Waals surface area (Å²) in [5, 5.41) is 14.5. The second-order valence-corrected chi connectivity index (χ2v) is 3.27. The number of carbonyl (C=O) groups is 2. The molecule has 0 spiro atoms. The zero-order valence-electron chi connectivity index (χ0n) is 9.20. The van der Waals surface area contributed by atoms with Gasteiger partial charge < -0.3 is 15.7 Å². The van der Waals surface area contributed by atoms with Crippen LogP contribution in [0.15, 0.2) is 18.2 Å². The van der Waals surface area contributed by atoms with Crippen molar-refractivity contribution >= 4 is 17.5 Å². The summed E-state index contributed by atoms with van der Waals surface area (Å²) in [5.74, 6) is -0.199. The summed E-state index contributed by atoms with van der Waals surface area (Å²) >= 11 is 0. The number of phenols is 1. The van der Waals surface area contributed by atoms with Crippen LogP contribution in [0.25, 0.3) is 0 Å². The van der Waals surface area contributed by atoms with Crippen molar-refractivity contribution in [3.8, 4) is 5.75 Å². The number of carbonyl (C=O) groups excluding carboxylic acids is 2. The molecule has 5 nitrogen and oxygen atoms in total. The first-order valence-electron chi connectivity index (χ1n) is 4.93. The van der Waals surface area contributed by atoms with Crippen LogP contribution in [-0.2, 0) is 0 Å². The van der Waals surface area contributed by atoms with E-state index in [4.69, 9.17) is 0 Å². The van der Waals surface area contributed by atoms with Crippen LogP contribution in [0.1, 0.15) is 24.2 Å². The van der Waals surface area contributed by atoms with E-state index in [1.165, 1.54) is 25.1 Å². The molecule has 0 aliphatic carbocycles. The molecule has 0 saturated carbocycles. The molecule has 0 unspecified atom stereocenters. The smallest absolute Gasteiger partial charge is 0.319 e. The largest absolute Gasteiger partial charge is 0.506 e. The molecule has 1 aromatic carbocycles. The molecule has 0 aromatic heterocycles. The number of nitrogens with one attached hydrogen (secondary N) is 2. The Kier molecular flexibility index (Phi) is 3.88. The number of urea groups is 1. The number of amides is 2. The van der Waals surface area contributed by atoms with E-state index in [-0.39, 0.29) is 17.2 Å². The minimum Gasteiger partial charge on any atom is -0.506 e. The molecule has 0 saturated heterocycles. The molecule has 5 heteroatoms. The van der Waals surface area contributed by atoms with Crippen LogP contribution in [0.2, 0.25) is 0 Å². The first-order valence-corrected chi connectivity index (χ1v) is 4.93. The number of Topliss-reactive ketones (excluding diaryl/α,β-unsaturated/α-hetero) is 1. The number of rotatable bonds is 3. The maximum absolute atomic E-state index is 11.2. The van der Waals surface area contributed by atoms with Gasteiger partial charge in [0.1, 0.15) is 5.75 Å². The van der Waals surface area contributed by atoms with Crippen LogP contribution in [0.5, 0.6) is 5.75 Å². The fourth-order valence-corrected chi connectivity index (χ4v) is 1.18. The predicted molar refractivity (Wildman–Crippen MR) is 60.8 cm³/mol. The van der Waals surface area contributed by atoms with E-state index >= 15 is 0 Å². The van der Waals surface area contributed by atoms with Gasteiger partial charge in [0.2, 0.25) is 0 Å². The monoisotopic (exact) mass is 222 g/mol. The molecule has 0 aliphatic heterocycles. The quantitative estimate of drug-likeness (QED) is 0.538. The average molecular weight is 222 g/mol. The lowest BCUT2D eigenvalue weighted by Gasteiger charge is -2.08. The van der Waals surface area contributed by atoms with Gasteiger partial charge in [0, 0.05) is 12.1 Å². The fraction of sp³-hybridized carbons (Fsp3) is 0.273. The Morgan fingerprint density at radius 1 is 1.38 bits per heavy atom. The van der Waals surface area contributed by atoms with Gasteiger partial charge in [0.15, 0.2) is 5.78 Å². The van der Waals surface area contributed by atoms with Crippen LogP contribution in [0.4, 0.5) is 10.5 Å². The van der Waals surface area contributed by atoms with E-state index in [2.05, 4.69) is 10.6 Å². The summed E-state index contributed by atoms with van der Waals surface area (Å²) in [6.07, 6.45) is 0. The van der Waals surface area contributed by atoms with E-state index in [1.54, 1.807) is 6.92 Å². The summed E-state index contributed by atoms with van der Waals surface area (Å²) in [4.78, 5) is 22.3. The van der Waals surface area contributed by atoms with Gasteiger partial charge in [-0.2, -0.15) is 0 Å². The number of hydrogen-bond acceptors (Lipinski definition) is 3. The summed E-state index contributed by atoms with van der Waals surface area (Å²) in [6.45, 7) is 3.69. The van der Waals surface area contributed by atoms with Crippen LogP contribution in [0.3, 0.4) is 0 Å². The van der Waals surface area contributed by atoms with Gasteiger partial charge in [-0.1, -0.05) is 0 Å². The van der Waals surface area contributed by atoms with Crippen molar-refractivity contribution < 1.29 is 14.7 Å². The van der Waals surface area contributed by atoms with Crippen molar-refractivity contribution in [1.29, 1.82) is 0 Å². The molecule has 0 heterocycles. The highest BCUT2D eigenvalue weighted by molar-refractivity contribution is 5.97. The third-order valence-corrected chi connectivity index (χ3v) is 1.99. The molecule has 2 amide bonds. The average Bonchev–Trinajstić information content (AvgIpc) is 2.21. The molecule has 0 radical (unpaired) electrons. The Labute approximate surface area is 93.5 Å². The second-order valence-electron chi connectivity index (χ2n) is 3.27.